The lowest BCUT2D eigenvalue weighted by Crippen LogP contribution is -2.41. The van der Waals surface area contributed by atoms with Crippen molar-refractivity contribution in [1.29, 1.82) is 0 Å². The fourth-order valence-electron chi connectivity index (χ4n) is 1.82. The van der Waals surface area contributed by atoms with Crippen LogP contribution >= 0.6 is 0 Å². The third kappa shape index (κ3) is 3.64. The number of hydrogen-bond donors (Lipinski definition) is 1. The van der Waals surface area contributed by atoms with Crippen molar-refractivity contribution in [1.82, 2.24) is 0 Å². The van der Waals surface area contributed by atoms with Crippen molar-refractivity contribution in [2.75, 3.05) is 0 Å². The molecule has 20 heavy (non-hydrogen) atoms. The molecule has 1 unspecified atom stereocenters. The SMILES string of the molecule is CCC(=N/C=C(/N)C(C)CC)B1OC(C)(C)C(C)(C)O1. The molecule has 1 fully saturated rings. The Bertz CT molecular complexity index is 387. The summed E-state index contributed by atoms with van der Waals surface area (Å²) in [4.78, 5) is 4.50. The van der Waals surface area contributed by atoms with Crippen molar-refractivity contribution in [3.05, 3.63) is 11.9 Å². The van der Waals surface area contributed by atoms with Gasteiger partial charge < -0.3 is 15.0 Å². The standard InChI is InChI=1S/C15H29BN2O2/c1-8-11(3)12(17)10-18-13(9-2)16-19-14(4,5)15(6,7)20-16/h10-11H,8-9,17H2,1-7H3/b12-10+,18-13?. The van der Waals surface area contributed by atoms with Gasteiger partial charge in [0.1, 0.15) is 0 Å². The molecule has 1 aliphatic rings. The lowest BCUT2D eigenvalue weighted by Gasteiger charge is -2.32. The molecule has 0 bridgehead atoms. The minimum absolute atomic E-state index is 0.334. The van der Waals surface area contributed by atoms with Gasteiger partial charge >= 0.3 is 7.12 Å². The molecule has 0 aromatic heterocycles. The van der Waals surface area contributed by atoms with Crippen LogP contribution in [0.3, 0.4) is 0 Å². The van der Waals surface area contributed by atoms with Crippen molar-refractivity contribution in [3.8, 4) is 0 Å². The Morgan fingerprint density at radius 2 is 1.70 bits per heavy atom. The van der Waals surface area contributed by atoms with Gasteiger partial charge in [-0.2, -0.15) is 0 Å². The first-order valence-electron chi connectivity index (χ1n) is 7.52. The first-order valence-corrected chi connectivity index (χ1v) is 7.52. The monoisotopic (exact) mass is 280 g/mol. The molecular weight excluding hydrogens is 251 g/mol. The second-order valence-electron chi connectivity index (χ2n) is 6.50. The van der Waals surface area contributed by atoms with Crippen LogP contribution in [0.2, 0.25) is 0 Å². The van der Waals surface area contributed by atoms with E-state index in [9.17, 15) is 0 Å². The summed E-state index contributed by atoms with van der Waals surface area (Å²) in [6, 6.07) is 0. The van der Waals surface area contributed by atoms with E-state index >= 15 is 0 Å². The molecule has 2 N–H and O–H groups in total. The third-order valence-corrected chi connectivity index (χ3v) is 4.45. The van der Waals surface area contributed by atoms with E-state index in [0.717, 1.165) is 24.1 Å². The Hall–Kier alpha value is -0.805. The van der Waals surface area contributed by atoms with Crippen LogP contribution in [0.4, 0.5) is 0 Å². The molecule has 4 nitrogen and oxygen atoms in total. The zero-order valence-corrected chi connectivity index (χ0v) is 14.0. The molecule has 1 atom stereocenters. The Kier molecular flexibility index (Phi) is 5.44. The van der Waals surface area contributed by atoms with Crippen LogP contribution in [0.25, 0.3) is 0 Å². The Morgan fingerprint density at radius 1 is 1.20 bits per heavy atom. The molecule has 0 aromatic rings. The van der Waals surface area contributed by atoms with Gasteiger partial charge in [-0.1, -0.05) is 20.8 Å². The third-order valence-electron chi connectivity index (χ3n) is 4.45. The number of aliphatic imine (C=N–C) groups is 1. The molecule has 0 aliphatic carbocycles. The summed E-state index contributed by atoms with van der Waals surface area (Å²) in [5, 5.41) is 0. The molecule has 0 radical (unpaired) electrons. The predicted octanol–water partition coefficient (Wildman–Crippen LogP) is 3.32. The molecular formula is C15H29BN2O2. The summed E-state index contributed by atoms with van der Waals surface area (Å²) in [7, 11) is -0.383. The number of nitrogens with zero attached hydrogens (tertiary/aromatic N) is 1. The molecule has 1 rings (SSSR count). The van der Waals surface area contributed by atoms with Crippen molar-refractivity contribution in [2.45, 2.75) is 72.5 Å². The van der Waals surface area contributed by atoms with Crippen molar-refractivity contribution >= 4 is 12.7 Å². The van der Waals surface area contributed by atoms with Gasteiger partial charge in [0.2, 0.25) is 0 Å². The lowest BCUT2D eigenvalue weighted by molar-refractivity contribution is 0.00578. The highest BCUT2D eigenvalue weighted by Gasteiger charge is 2.52. The molecule has 0 amide bonds. The first kappa shape index (κ1) is 17.2. The molecule has 1 aliphatic heterocycles. The quantitative estimate of drug-likeness (QED) is 0.621. The minimum Gasteiger partial charge on any atom is -0.401 e. The molecule has 0 aromatic carbocycles. The van der Waals surface area contributed by atoms with E-state index in [2.05, 4.69) is 25.8 Å². The smallest absolute Gasteiger partial charge is 0.401 e. The summed E-state index contributed by atoms with van der Waals surface area (Å²) in [6.07, 6.45) is 3.54. The van der Waals surface area contributed by atoms with Gasteiger partial charge in [-0.3, -0.25) is 4.99 Å². The zero-order chi connectivity index (χ0) is 15.6. The van der Waals surface area contributed by atoms with Crippen LogP contribution in [-0.2, 0) is 9.31 Å². The molecule has 1 heterocycles. The van der Waals surface area contributed by atoms with Gasteiger partial charge in [0.05, 0.1) is 11.2 Å². The summed E-state index contributed by atoms with van der Waals surface area (Å²) in [5.41, 5.74) is 7.03. The van der Waals surface area contributed by atoms with E-state index in [1.807, 2.05) is 27.7 Å². The molecule has 114 valence electrons. The minimum atomic E-state index is -0.383. The number of allylic oxidation sites excluding steroid dienone is 1. The van der Waals surface area contributed by atoms with E-state index in [-0.39, 0.29) is 18.3 Å². The van der Waals surface area contributed by atoms with Gasteiger partial charge in [0, 0.05) is 17.5 Å². The van der Waals surface area contributed by atoms with Crippen LogP contribution in [0.15, 0.2) is 16.9 Å². The largest absolute Gasteiger partial charge is 0.510 e. The fourth-order valence-corrected chi connectivity index (χ4v) is 1.82. The highest BCUT2D eigenvalue weighted by atomic mass is 16.7. The van der Waals surface area contributed by atoms with E-state index < -0.39 is 0 Å². The Morgan fingerprint density at radius 3 is 2.10 bits per heavy atom. The molecule has 0 spiro atoms. The first-order chi connectivity index (χ1) is 9.14. The van der Waals surface area contributed by atoms with Crippen LogP contribution < -0.4 is 5.73 Å². The maximum Gasteiger partial charge on any atom is 0.510 e. The highest BCUT2D eigenvalue weighted by molar-refractivity contribution is 6.82. The summed E-state index contributed by atoms with van der Waals surface area (Å²) in [6.45, 7) is 14.4. The molecule has 0 saturated carbocycles. The fraction of sp³-hybridized carbons (Fsp3) is 0.800. The van der Waals surface area contributed by atoms with Crippen molar-refractivity contribution in [2.24, 2.45) is 16.6 Å². The van der Waals surface area contributed by atoms with Gasteiger partial charge in [-0.15, -0.1) is 0 Å². The maximum atomic E-state index is 6.01. The molecule has 5 heteroatoms. The lowest BCUT2D eigenvalue weighted by atomic mass is 9.80. The van der Waals surface area contributed by atoms with Gasteiger partial charge in [0.15, 0.2) is 0 Å². The molecule has 1 saturated heterocycles. The summed E-state index contributed by atoms with van der Waals surface area (Å²) < 4.78 is 12.0. The normalized spacial score (nSPS) is 24.1. The van der Waals surface area contributed by atoms with Gasteiger partial charge in [-0.25, -0.2) is 0 Å². The van der Waals surface area contributed by atoms with E-state index in [4.69, 9.17) is 15.0 Å². The second kappa shape index (κ2) is 6.31. The predicted molar refractivity (Wildman–Crippen MR) is 85.5 cm³/mol. The average molecular weight is 280 g/mol. The van der Waals surface area contributed by atoms with Crippen LogP contribution in [0.1, 0.15) is 61.3 Å². The van der Waals surface area contributed by atoms with Crippen molar-refractivity contribution < 1.29 is 9.31 Å². The maximum absolute atomic E-state index is 6.01. The van der Waals surface area contributed by atoms with E-state index in [1.165, 1.54) is 0 Å². The zero-order valence-electron chi connectivity index (χ0n) is 14.0. The Labute approximate surface area is 124 Å². The van der Waals surface area contributed by atoms with E-state index in [0.29, 0.717) is 5.92 Å². The summed E-state index contributed by atoms with van der Waals surface area (Å²) in [5.74, 6) is 0.343. The highest BCUT2D eigenvalue weighted by Crippen LogP contribution is 2.37. The number of nitrogens with two attached hydrogens (primary N) is 1. The van der Waals surface area contributed by atoms with Crippen molar-refractivity contribution in [3.63, 3.8) is 0 Å². The Balaban J connectivity index is 2.89. The van der Waals surface area contributed by atoms with Crippen LogP contribution in [0, 0.1) is 5.92 Å². The number of hydrogen-bond acceptors (Lipinski definition) is 4. The van der Waals surface area contributed by atoms with Gasteiger partial charge in [0.25, 0.3) is 0 Å². The van der Waals surface area contributed by atoms with E-state index in [1.54, 1.807) is 6.20 Å². The van der Waals surface area contributed by atoms with Crippen LogP contribution in [-0.4, -0.2) is 23.9 Å². The second-order valence-corrected chi connectivity index (χ2v) is 6.50. The topological polar surface area (TPSA) is 56.8 Å². The average Bonchev–Trinajstić information content (AvgIpc) is 2.57. The summed E-state index contributed by atoms with van der Waals surface area (Å²) >= 11 is 0. The number of rotatable bonds is 5. The van der Waals surface area contributed by atoms with Gasteiger partial charge in [-0.05, 0) is 46.5 Å². The van der Waals surface area contributed by atoms with Crippen LogP contribution in [0.5, 0.6) is 0 Å².